The van der Waals surface area contributed by atoms with Crippen molar-refractivity contribution in [3.8, 4) is 22.9 Å². The van der Waals surface area contributed by atoms with Crippen LogP contribution in [0.5, 0.6) is 0 Å². The number of benzene rings is 3. The Hall–Kier alpha value is -4.26. The molecule has 1 atom stereocenters. The van der Waals surface area contributed by atoms with Gasteiger partial charge in [0, 0.05) is 22.7 Å². The van der Waals surface area contributed by atoms with Gasteiger partial charge in [0.1, 0.15) is 0 Å². The Labute approximate surface area is 196 Å². The van der Waals surface area contributed by atoms with Crippen LogP contribution in [0, 0.1) is 6.92 Å². The highest BCUT2D eigenvalue weighted by Gasteiger charge is 2.31. The monoisotopic (exact) mass is 453 g/mol. The van der Waals surface area contributed by atoms with Crippen molar-refractivity contribution >= 4 is 11.9 Å². The number of aryl methyl sites for hydroxylation is 1. The number of esters is 1. The van der Waals surface area contributed by atoms with E-state index in [1.807, 2.05) is 49.4 Å². The Morgan fingerprint density at radius 1 is 0.882 bits per heavy atom. The number of hydrogen-bond acceptors (Lipinski definition) is 6. The molecule has 1 saturated carbocycles. The molecule has 1 amide bonds. The fourth-order valence-electron chi connectivity index (χ4n) is 3.48. The highest BCUT2D eigenvalue weighted by Crippen LogP contribution is 2.26. The molecule has 3 aromatic carbocycles. The number of rotatable bonds is 7. The van der Waals surface area contributed by atoms with Crippen molar-refractivity contribution < 1.29 is 18.7 Å². The SMILES string of the molecule is Cc1ccc(-c2nnc(-c3ccc(C(=O)OC(C(=O)NC4CC4)c4ccccc4)cc3)o2)cc1. The van der Waals surface area contributed by atoms with Crippen molar-refractivity contribution in [2.24, 2.45) is 0 Å². The van der Waals surface area contributed by atoms with Crippen LogP contribution in [0.25, 0.3) is 22.9 Å². The maximum atomic E-state index is 12.8. The van der Waals surface area contributed by atoms with E-state index < -0.39 is 12.1 Å². The van der Waals surface area contributed by atoms with E-state index in [9.17, 15) is 9.59 Å². The van der Waals surface area contributed by atoms with Gasteiger partial charge in [-0.15, -0.1) is 10.2 Å². The number of amides is 1. The minimum atomic E-state index is -1.01. The molecule has 0 spiro atoms. The summed E-state index contributed by atoms with van der Waals surface area (Å²) >= 11 is 0. The van der Waals surface area contributed by atoms with Crippen LogP contribution in [-0.4, -0.2) is 28.1 Å². The first-order valence-electron chi connectivity index (χ1n) is 11.1. The maximum Gasteiger partial charge on any atom is 0.339 e. The predicted molar refractivity (Wildman–Crippen MR) is 126 cm³/mol. The van der Waals surface area contributed by atoms with E-state index in [2.05, 4.69) is 15.5 Å². The smallest absolute Gasteiger partial charge is 0.339 e. The summed E-state index contributed by atoms with van der Waals surface area (Å²) in [5.74, 6) is -0.127. The number of hydrogen-bond donors (Lipinski definition) is 1. The van der Waals surface area contributed by atoms with Gasteiger partial charge >= 0.3 is 5.97 Å². The Bertz CT molecular complexity index is 1290. The highest BCUT2D eigenvalue weighted by atomic mass is 16.5. The Morgan fingerprint density at radius 3 is 2.06 bits per heavy atom. The van der Waals surface area contributed by atoms with E-state index >= 15 is 0 Å². The molecule has 1 unspecified atom stereocenters. The normalized spacial score (nSPS) is 13.8. The quantitative estimate of drug-likeness (QED) is 0.401. The van der Waals surface area contributed by atoms with Gasteiger partial charge in [0.15, 0.2) is 0 Å². The van der Waals surface area contributed by atoms with Crippen LogP contribution in [0.3, 0.4) is 0 Å². The van der Waals surface area contributed by atoms with Crippen molar-refractivity contribution in [1.29, 1.82) is 0 Å². The zero-order chi connectivity index (χ0) is 23.5. The molecule has 7 heteroatoms. The van der Waals surface area contributed by atoms with E-state index in [0.717, 1.165) is 24.0 Å². The molecule has 1 aliphatic carbocycles. The summed E-state index contributed by atoms with van der Waals surface area (Å²) in [7, 11) is 0. The number of nitrogens with one attached hydrogen (secondary N) is 1. The molecule has 1 fully saturated rings. The summed E-state index contributed by atoms with van der Waals surface area (Å²) in [5, 5.41) is 11.2. The van der Waals surface area contributed by atoms with Gasteiger partial charge in [-0.1, -0.05) is 48.0 Å². The van der Waals surface area contributed by atoms with Crippen LogP contribution in [0.15, 0.2) is 83.3 Å². The molecule has 4 aromatic rings. The molecule has 1 N–H and O–H groups in total. The van der Waals surface area contributed by atoms with Crippen LogP contribution < -0.4 is 5.32 Å². The Morgan fingerprint density at radius 2 is 1.47 bits per heavy atom. The second-order valence-corrected chi connectivity index (χ2v) is 8.33. The molecular weight excluding hydrogens is 430 g/mol. The second kappa shape index (κ2) is 9.31. The van der Waals surface area contributed by atoms with Crippen molar-refractivity contribution in [2.75, 3.05) is 0 Å². The van der Waals surface area contributed by atoms with Crippen LogP contribution in [-0.2, 0) is 9.53 Å². The van der Waals surface area contributed by atoms with Gasteiger partial charge in [-0.25, -0.2) is 4.79 Å². The molecule has 1 aliphatic rings. The first kappa shape index (κ1) is 21.6. The first-order chi connectivity index (χ1) is 16.6. The average molecular weight is 453 g/mol. The number of carbonyl (C=O) groups excluding carboxylic acids is 2. The lowest BCUT2D eigenvalue weighted by Crippen LogP contribution is -2.33. The zero-order valence-corrected chi connectivity index (χ0v) is 18.6. The van der Waals surface area contributed by atoms with E-state index in [-0.39, 0.29) is 11.9 Å². The number of aromatic nitrogens is 2. The summed E-state index contributed by atoms with van der Waals surface area (Å²) in [4.78, 5) is 25.6. The Kier molecular flexibility index (Phi) is 5.91. The molecule has 7 nitrogen and oxygen atoms in total. The van der Waals surface area contributed by atoms with Crippen molar-refractivity contribution in [2.45, 2.75) is 31.9 Å². The molecule has 5 rings (SSSR count). The van der Waals surface area contributed by atoms with Gasteiger partial charge in [0.05, 0.1) is 5.56 Å². The van der Waals surface area contributed by atoms with E-state index in [1.165, 1.54) is 0 Å². The van der Waals surface area contributed by atoms with Crippen molar-refractivity contribution in [3.05, 3.63) is 95.6 Å². The third-order valence-electron chi connectivity index (χ3n) is 5.58. The van der Waals surface area contributed by atoms with Gasteiger partial charge in [0.2, 0.25) is 17.9 Å². The van der Waals surface area contributed by atoms with E-state index in [0.29, 0.717) is 28.5 Å². The fraction of sp³-hybridized carbons (Fsp3) is 0.185. The van der Waals surface area contributed by atoms with Gasteiger partial charge in [-0.05, 0) is 56.2 Å². The lowest BCUT2D eigenvalue weighted by molar-refractivity contribution is -0.130. The molecule has 0 aliphatic heterocycles. The summed E-state index contributed by atoms with van der Waals surface area (Å²) in [5.41, 5.74) is 3.60. The fourth-order valence-corrected chi connectivity index (χ4v) is 3.48. The zero-order valence-electron chi connectivity index (χ0n) is 18.6. The number of ether oxygens (including phenoxy) is 1. The van der Waals surface area contributed by atoms with Crippen LogP contribution in [0.1, 0.15) is 40.4 Å². The van der Waals surface area contributed by atoms with Crippen molar-refractivity contribution in [3.63, 3.8) is 0 Å². The number of carbonyl (C=O) groups is 2. The summed E-state index contributed by atoms with van der Waals surface area (Å²) in [6, 6.07) is 23.7. The molecule has 0 bridgehead atoms. The van der Waals surface area contributed by atoms with E-state index in [1.54, 1.807) is 36.4 Å². The molecular formula is C27H23N3O4. The van der Waals surface area contributed by atoms with Crippen molar-refractivity contribution in [1.82, 2.24) is 15.5 Å². The van der Waals surface area contributed by atoms with Gasteiger partial charge in [-0.3, -0.25) is 4.79 Å². The van der Waals surface area contributed by atoms with Gasteiger partial charge < -0.3 is 14.5 Å². The molecule has 170 valence electrons. The molecule has 34 heavy (non-hydrogen) atoms. The van der Waals surface area contributed by atoms with Crippen LogP contribution in [0.2, 0.25) is 0 Å². The largest absolute Gasteiger partial charge is 0.444 e. The minimum Gasteiger partial charge on any atom is -0.444 e. The summed E-state index contributed by atoms with van der Waals surface area (Å²) < 4.78 is 11.4. The van der Waals surface area contributed by atoms with Gasteiger partial charge in [-0.2, -0.15) is 0 Å². The molecule has 0 saturated heterocycles. The summed E-state index contributed by atoms with van der Waals surface area (Å²) in [6.45, 7) is 2.01. The second-order valence-electron chi connectivity index (χ2n) is 8.33. The highest BCUT2D eigenvalue weighted by molar-refractivity contribution is 5.93. The minimum absolute atomic E-state index is 0.163. The Balaban J connectivity index is 1.31. The third kappa shape index (κ3) is 4.88. The lowest BCUT2D eigenvalue weighted by Gasteiger charge is -2.18. The van der Waals surface area contributed by atoms with Gasteiger partial charge in [0.25, 0.3) is 5.91 Å². The third-order valence-corrected chi connectivity index (χ3v) is 5.58. The molecule has 1 heterocycles. The average Bonchev–Trinajstić information content (AvgIpc) is 3.55. The van der Waals surface area contributed by atoms with E-state index in [4.69, 9.17) is 9.15 Å². The lowest BCUT2D eigenvalue weighted by atomic mass is 10.1. The molecule has 1 aromatic heterocycles. The summed E-state index contributed by atoms with van der Waals surface area (Å²) in [6.07, 6.45) is 0.885. The standard InChI is InChI=1S/C27H23N3O4/c1-17-7-9-19(10-8-17)25-29-30-26(34-25)20-11-13-21(14-12-20)27(32)33-23(18-5-3-2-4-6-18)24(31)28-22-15-16-22/h2-14,22-23H,15-16H2,1H3,(H,28,31). The number of nitrogens with zero attached hydrogens (tertiary/aromatic N) is 2. The first-order valence-corrected chi connectivity index (χ1v) is 11.1. The maximum absolute atomic E-state index is 12.8. The predicted octanol–water partition coefficient (Wildman–Crippen LogP) is 4.89. The van der Waals surface area contributed by atoms with Crippen LogP contribution in [0.4, 0.5) is 0 Å². The topological polar surface area (TPSA) is 94.3 Å². The molecule has 0 radical (unpaired) electrons. The van der Waals surface area contributed by atoms with Crippen LogP contribution >= 0.6 is 0 Å².